The van der Waals surface area contributed by atoms with Gasteiger partial charge in [0.1, 0.15) is 12.1 Å². The van der Waals surface area contributed by atoms with Crippen LogP contribution < -0.4 is 0 Å². The van der Waals surface area contributed by atoms with E-state index in [0.717, 1.165) is 22.3 Å². The van der Waals surface area contributed by atoms with Crippen LogP contribution in [0.15, 0.2) is 48.5 Å². The molecule has 1 aliphatic carbocycles. The average Bonchev–Trinajstić information content (AvgIpc) is 3.22. The summed E-state index contributed by atoms with van der Waals surface area (Å²) in [4.78, 5) is 25.8. The molecule has 2 aliphatic rings. The molecule has 1 N–H and O–H groups in total. The van der Waals surface area contributed by atoms with Crippen molar-refractivity contribution >= 4 is 12.1 Å². The van der Waals surface area contributed by atoms with E-state index in [1.165, 1.54) is 18.9 Å². The highest BCUT2D eigenvalue weighted by Gasteiger charge is 2.51. The number of carboxylic acid groups (broad SMARTS) is 1. The van der Waals surface area contributed by atoms with Crippen molar-refractivity contribution in [1.82, 2.24) is 4.90 Å². The maximum atomic E-state index is 12.8. The highest BCUT2D eigenvalue weighted by molar-refractivity contribution is 5.85. The number of hydrogen-bond donors (Lipinski definition) is 1. The van der Waals surface area contributed by atoms with Crippen molar-refractivity contribution in [2.24, 2.45) is 0 Å². The molecule has 0 bridgehead atoms. The first kappa shape index (κ1) is 18.5. The Hall–Kier alpha value is -2.86. The van der Waals surface area contributed by atoms with Gasteiger partial charge in [0.25, 0.3) is 0 Å². The lowest BCUT2D eigenvalue weighted by molar-refractivity contribution is -0.147. The van der Waals surface area contributed by atoms with Gasteiger partial charge in [0, 0.05) is 19.4 Å². The lowest BCUT2D eigenvalue weighted by Crippen LogP contribution is -2.51. The Kier molecular flexibility index (Phi) is 4.59. The Morgan fingerprint density at radius 2 is 1.68 bits per heavy atom. The Balaban J connectivity index is 1.55. The van der Waals surface area contributed by atoms with E-state index in [-0.39, 0.29) is 31.6 Å². The van der Waals surface area contributed by atoms with Gasteiger partial charge in [-0.2, -0.15) is 0 Å². The van der Waals surface area contributed by atoms with E-state index in [1.807, 2.05) is 36.4 Å². The molecular weight excluding hydrogens is 358 g/mol. The van der Waals surface area contributed by atoms with E-state index in [4.69, 9.17) is 9.47 Å². The minimum Gasteiger partial charge on any atom is -0.480 e. The fourth-order valence-corrected chi connectivity index (χ4v) is 4.33. The van der Waals surface area contributed by atoms with Crippen LogP contribution in [0, 0.1) is 0 Å². The molecule has 0 aromatic heterocycles. The minimum absolute atomic E-state index is 0.0618. The van der Waals surface area contributed by atoms with Gasteiger partial charge in [-0.1, -0.05) is 48.5 Å². The Labute approximate surface area is 163 Å². The zero-order chi connectivity index (χ0) is 19.9. The normalized spacial score (nSPS) is 23.4. The number of carboxylic acids is 1. The molecule has 0 radical (unpaired) electrons. The third-order valence-electron chi connectivity index (χ3n) is 5.96. The molecule has 1 saturated heterocycles. The van der Waals surface area contributed by atoms with Gasteiger partial charge in [-0.3, -0.25) is 4.90 Å². The Bertz CT molecular complexity index is 881. The Morgan fingerprint density at radius 3 is 2.21 bits per heavy atom. The fraction of sp³-hybridized carbons (Fsp3) is 0.364. The first-order valence-electron chi connectivity index (χ1n) is 9.34. The van der Waals surface area contributed by atoms with E-state index in [1.54, 1.807) is 0 Å². The molecule has 28 heavy (non-hydrogen) atoms. The maximum Gasteiger partial charge on any atom is 0.410 e. The van der Waals surface area contributed by atoms with Gasteiger partial charge in [-0.05, 0) is 29.2 Å². The third-order valence-corrected chi connectivity index (χ3v) is 5.96. The van der Waals surface area contributed by atoms with Crippen LogP contribution in [0.5, 0.6) is 0 Å². The number of hydrogen-bond acceptors (Lipinski definition) is 4. The summed E-state index contributed by atoms with van der Waals surface area (Å²) in [5.74, 6) is -1.12. The van der Waals surface area contributed by atoms with Crippen molar-refractivity contribution in [2.75, 3.05) is 20.3 Å². The summed E-state index contributed by atoms with van der Waals surface area (Å²) in [5.41, 5.74) is 3.20. The van der Waals surface area contributed by atoms with Crippen molar-refractivity contribution in [3.63, 3.8) is 0 Å². The second kappa shape index (κ2) is 6.95. The molecule has 2 aromatic rings. The average molecular weight is 381 g/mol. The predicted octanol–water partition coefficient (Wildman–Crippen LogP) is 3.50. The number of carbonyl (C=O) groups excluding carboxylic acids is 1. The number of fused-ring (bicyclic) bond motifs is 3. The summed E-state index contributed by atoms with van der Waals surface area (Å²) >= 11 is 0. The second-order valence-electron chi connectivity index (χ2n) is 7.56. The molecule has 1 aliphatic heterocycles. The number of amides is 1. The number of rotatable bonds is 4. The van der Waals surface area contributed by atoms with Gasteiger partial charge < -0.3 is 14.6 Å². The van der Waals surface area contributed by atoms with Crippen molar-refractivity contribution in [1.29, 1.82) is 0 Å². The summed E-state index contributed by atoms with van der Waals surface area (Å²) in [6.07, 6.45) is -0.698. The molecule has 6 nitrogen and oxygen atoms in total. The molecule has 2 aromatic carbocycles. The molecule has 2 atom stereocenters. The number of carbonyl (C=O) groups is 2. The molecule has 4 rings (SSSR count). The summed E-state index contributed by atoms with van der Waals surface area (Å²) in [5, 5.41) is 9.64. The van der Waals surface area contributed by atoms with Gasteiger partial charge in [-0.15, -0.1) is 0 Å². The lowest BCUT2D eigenvalue weighted by atomic mass is 9.98. The molecule has 0 saturated carbocycles. The molecule has 1 heterocycles. The topological polar surface area (TPSA) is 76.1 Å². The van der Waals surface area contributed by atoms with E-state index in [2.05, 4.69) is 12.1 Å². The highest BCUT2D eigenvalue weighted by Crippen LogP contribution is 2.44. The smallest absolute Gasteiger partial charge is 0.410 e. The molecule has 0 spiro atoms. The monoisotopic (exact) mass is 381 g/mol. The zero-order valence-electron chi connectivity index (χ0n) is 15.9. The lowest BCUT2D eigenvalue weighted by Gasteiger charge is -2.30. The van der Waals surface area contributed by atoms with Crippen molar-refractivity contribution in [2.45, 2.75) is 30.9 Å². The summed E-state index contributed by atoms with van der Waals surface area (Å²) < 4.78 is 10.9. The highest BCUT2D eigenvalue weighted by atomic mass is 16.6. The summed E-state index contributed by atoms with van der Waals surface area (Å²) in [6.45, 7) is 1.91. The molecule has 6 heteroatoms. The molecule has 146 valence electrons. The number of nitrogens with zero attached hydrogens (tertiary/aromatic N) is 1. The van der Waals surface area contributed by atoms with Gasteiger partial charge in [0.2, 0.25) is 0 Å². The first-order chi connectivity index (χ1) is 13.5. The van der Waals surface area contributed by atoms with Gasteiger partial charge >= 0.3 is 12.1 Å². The van der Waals surface area contributed by atoms with Crippen LogP contribution in [0.1, 0.15) is 30.4 Å². The SMILES string of the molecule is CO[C@@H]1CN(C(=O)OCC2c3ccccc3-c3ccccc32)[C@@](C)(C(=O)O)C1. The van der Waals surface area contributed by atoms with Crippen LogP contribution in [-0.2, 0) is 14.3 Å². The van der Waals surface area contributed by atoms with Crippen molar-refractivity contribution in [3.8, 4) is 11.1 Å². The Morgan fingerprint density at radius 1 is 1.11 bits per heavy atom. The molecule has 1 amide bonds. The third kappa shape index (κ3) is 2.85. The van der Waals surface area contributed by atoms with Gasteiger partial charge in [0.05, 0.1) is 12.6 Å². The standard InChI is InChI=1S/C22H23NO5/c1-22(20(24)25)11-14(27-2)12-23(22)21(26)28-13-19-17-9-5-3-7-15(17)16-8-4-6-10-18(16)19/h3-10,14,19H,11-13H2,1-2H3,(H,24,25)/t14-,22+/m0/s1. The van der Waals surface area contributed by atoms with Crippen LogP contribution in [0.25, 0.3) is 11.1 Å². The molecule has 1 fully saturated rings. The van der Waals surface area contributed by atoms with Crippen LogP contribution in [0.2, 0.25) is 0 Å². The summed E-state index contributed by atoms with van der Waals surface area (Å²) in [7, 11) is 1.52. The van der Waals surface area contributed by atoms with Crippen molar-refractivity contribution in [3.05, 3.63) is 59.7 Å². The van der Waals surface area contributed by atoms with Crippen molar-refractivity contribution < 1.29 is 24.2 Å². The van der Waals surface area contributed by atoms with E-state index in [0.29, 0.717) is 0 Å². The van der Waals surface area contributed by atoms with Crippen LogP contribution in [0.3, 0.4) is 0 Å². The second-order valence-corrected chi connectivity index (χ2v) is 7.56. The van der Waals surface area contributed by atoms with Gasteiger partial charge in [-0.25, -0.2) is 9.59 Å². The minimum atomic E-state index is -1.33. The number of likely N-dealkylation sites (tertiary alicyclic amines) is 1. The molecular formula is C22H23NO5. The van der Waals surface area contributed by atoms with E-state index < -0.39 is 17.6 Å². The van der Waals surface area contributed by atoms with E-state index >= 15 is 0 Å². The predicted molar refractivity (Wildman–Crippen MR) is 103 cm³/mol. The maximum absolute atomic E-state index is 12.8. The van der Waals surface area contributed by atoms with Crippen LogP contribution >= 0.6 is 0 Å². The largest absolute Gasteiger partial charge is 0.480 e. The van der Waals surface area contributed by atoms with Gasteiger partial charge in [0.15, 0.2) is 0 Å². The number of aliphatic carboxylic acids is 1. The summed E-state index contributed by atoms with van der Waals surface area (Å²) in [6, 6.07) is 16.2. The quantitative estimate of drug-likeness (QED) is 0.877. The number of ether oxygens (including phenoxy) is 2. The fourth-order valence-electron chi connectivity index (χ4n) is 4.33. The van der Waals surface area contributed by atoms with E-state index in [9.17, 15) is 14.7 Å². The van der Waals surface area contributed by atoms with Crippen LogP contribution in [-0.4, -0.2) is 54.0 Å². The zero-order valence-corrected chi connectivity index (χ0v) is 15.9. The van der Waals surface area contributed by atoms with Crippen LogP contribution in [0.4, 0.5) is 4.79 Å². The number of methoxy groups -OCH3 is 1. The number of benzene rings is 2. The molecule has 0 unspecified atom stereocenters. The first-order valence-corrected chi connectivity index (χ1v) is 9.34.